The number of aromatic nitrogens is 3. The summed E-state index contributed by atoms with van der Waals surface area (Å²) in [6.07, 6.45) is -1.15. The summed E-state index contributed by atoms with van der Waals surface area (Å²) in [5.74, 6) is -5.51. The van der Waals surface area contributed by atoms with Crippen LogP contribution in [0.2, 0.25) is 0 Å². The summed E-state index contributed by atoms with van der Waals surface area (Å²) in [4.78, 5) is 24.3. The van der Waals surface area contributed by atoms with E-state index in [2.05, 4.69) is 21.0 Å². The van der Waals surface area contributed by atoms with Crippen LogP contribution < -0.4 is 0 Å². The third-order valence-electron chi connectivity index (χ3n) is 4.42. The predicted octanol–water partition coefficient (Wildman–Crippen LogP) is 2.26. The van der Waals surface area contributed by atoms with Gasteiger partial charge in [-0.25, -0.2) is 9.59 Å². The number of pyridine rings is 1. The van der Waals surface area contributed by atoms with Gasteiger partial charge in [-0.1, -0.05) is 6.07 Å². The number of aliphatic hydroxyl groups excluding tert-OH is 1. The molecule has 0 spiro atoms. The Bertz CT molecular complexity index is 896. The van der Waals surface area contributed by atoms with E-state index in [0.29, 0.717) is 0 Å². The summed E-state index contributed by atoms with van der Waals surface area (Å²) in [6.45, 7) is 1.77. The van der Waals surface area contributed by atoms with Crippen molar-refractivity contribution in [2.24, 2.45) is 7.05 Å². The summed E-state index contributed by atoms with van der Waals surface area (Å²) in [6, 6.07) is 4.18. The number of aryl methyl sites for hydroxylation is 1. The zero-order valence-corrected chi connectivity index (χ0v) is 17.7. The minimum atomic E-state index is -5.08. The van der Waals surface area contributed by atoms with Gasteiger partial charge in [-0.15, -0.1) is 0 Å². The number of carboxylic acids is 2. The quantitative estimate of drug-likeness (QED) is 0.546. The first kappa shape index (κ1) is 28.8. The Morgan fingerprint density at radius 3 is 2.03 bits per heavy atom. The number of hydrogen-bond acceptors (Lipinski definition) is 6. The fourth-order valence-electron chi connectivity index (χ4n) is 2.91. The van der Waals surface area contributed by atoms with Gasteiger partial charge in [0.2, 0.25) is 0 Å². The van der Waals surface area contributed by atoms with Crippen molar-refractivity contribution in [1.82, 2.24) is 19.7 Å². The van der Waals surface area contributed by atoms with E-state index in [0.717, 1.165) is 25.9 Å². The van der Waals surface area contributed by atoms with Crippen LogP contribution in [-0.2, 0) is 29.6 Å². The first-order chi connectivity index (χ1) is 15.6. The smallest absolute Gasteiger partial charge is 0.475 e. The lowest BCUT2D eigenvalue weighted by Gasteiger charge is -2.25. The van der Waals surface area contributed by atoms with Crippen molar-refractivity contribution in [3.63, 3.8) is 0 Å². The molecule has 1 aliphatic rings. The van der Waals surface area contributed by atoms with Crippen LogP contribution in [0.1, 0.15) is 17.5 Å². The van der Waals surface area contributed by atoms with Crippen molar-refractivity contribution in [2.75, 3.05) is 6.54 Å². The summed E-state index contributed by atoms with van der Waals surface area (Å²) in [7, 11) is 1.93. The molecule has 0 aliphatic carbocycles. The molecule has 15 heteroatoms. The maximum atomic E-state index is 10.6. The molecule has 190 valence electrons. The van der Waals surface area contributed by atoms with Gasteiger partial charge in [-0.3, -0.25) is 14.6 Å². The van der Waals surface area contributed by atoms with Gasteiger partial charge in [-0.2, -0.15) is 31.4 Å². The van der Waals surface area contributed by atoms with E-state index in [1.807, 2.05) is 36.4 Å². The third-order valence-corrected chi connectivity index (χ3v) is 4.42. The summed E-state index contributed by atoms with van der Waals surface area (Å²) >= 11 is 0. The zero-order valence-electron chi connectivity index (χ0n) is 17.7. The fraction of sp³-hybridized carbons (Fsp3) is 0.474. The third kappa shape index (κ3) is 10.2. The second-order valence-electron chi connectivity index (χ2n) is 7.09. The zero-order chi connectivity index (χ0) is 26.1. The van der Waals surface area contributed by atoms with E-state index in [-0.39, 0.29) is 12.1 Å². The average molecular weight is 500 g/mol. The Hall–Kier alpha value is -3.20. The number of hydrogen-bond donors (Lipinski definition) is 3. The largest absolute Gasteiger partial charge is 0.490 e. The van der Waals surface area contributed by atoms with Crippen molar-refractivity contribution in [3.8, 4) is 0 Å². The summed E-state index contributed by atoms with van der Waals surface area (Å²) < 4.78 is 65.3. The van der Waals surface area contributed by atoms with Gasteiger partial charge in [0.15, 0.2) is 0 Å². The van der Waals surface area contributed by atoms with Gasteiger partial charge in [0.05, 0.1) is 12.3 Å². The van der Waals surface area contributed by atoms with Gasteiger partial charge >= 0.3 is 24.3 Å². The van der Waals surface area contributed by atoms with E-state index in [1.54, 1.807) is 6.20 Å². The van der Waals surface area contributed by atoms with E-state index in [9.17, 15) is 31.4 Å². The second kappa shape index (κ2) is 12.3. The van der Waals surface area contributed by atoms with Crippen LogP contribution in [0, 0.1) is 0 Å². The highest BCUT2D eigenvalue weighted by atomic mass is 19.4. The highest BCUT2D eigenvalue weighted by molar-refractivity contribution is 5.73. The molecule has 2 aromatic rings. The molecule has 0 amide bonds. The number of rotatable bonds is 4. The van der Waals surface area contributed by atoms with Gasteiger partial charge in [0, 0.05) is 50.3 Å². The highest BCUT2D eigenvalue weighted by Crippen LogP contribution is 2.23. The van der Waals surface area contributed by atoms with Crippen molar-refractivity contribution in [1.29, 1.82) is 0 Å². The minimum absolute atomic E-state index is 0.166. The maximum Gasteiger partial charge on any atom is 0.490 e. The molecule has 1 aliphatic heterocycles. The van der Waals surface area contributed by atoms with E-state index >= 15 is 0 Å². The van der Waals surface area contributed by atoms with Crippen molar-refractivity contribution in [2.45, 2.75) is 43.9 Å². The Morgan fingerprint density at radius 1 is 1.06 bits per heavy atom. The summed E-state index contributed by atoms with van der Waals surface area (Å²) in [5.41, 5.74) is 2.37. The monoisotopic (exact) mass is 500 g/mol. The van der Waals surface area contributed by atoms with Crippen LogP contribution in [0.15, 0.2) is 36.9 Å². The molecule has 0 unspecified atom stereocenters. The van der Waals surface area contributed by atoms with Gasteiger partial charge in [-0.05, 0) is 24.5 Å². The van der Waals surface area contributed by atoms with Gasteiger partial charge in [0.25, 0.3) is 0 Å². The molecule has 3 heterocycles. The predicted molar refractivity (Wildman–Crippen MR) is 103 cm³/mol. The Morgan fingerprint density at radius 2 is 1.62 bits per heavy atom. The second-order valence-corrected chi connectivity index (χ2v) is 7.09. The van der Waals surface area contributed by atoms with Crippen molar-refractivity contribution < 1.29 is 51.3 Å². The van der Waals surface area contributed by atoms with Gasteiger partial charge in [0.1, 0.15) is 0 Å². The highest BCUT2D eigenvalue weighted by Gasteiger charge is 2.39. The Kier molecular flexibility index (Phi) is 10.4. The molecular weight excluding hydrogens is 478 g/mol. The Labute approximate surface area is 189 Å². The molecule has 9 nitrogen and oxygen atoms in total. The first-order valence-corrected chi connectivity index (χ1v) is 9.50. The molecule has 34 heavy (non-hydrogen) atoms. The number of nitrogens with zero attached hydrogens (tertiary/aromatic N) is 4. The molecule has 1 fully saturated rings. The van der Waals surface area contributed by atoms with Crippen molar-refractivity contribution in [3.05, 3.63) is 48.0 Å². The molecule has 1 saturated heterocycles. The molecule has 2 atom stereocenters. The van der Waals surface area contributed by atoms with Crippen molar-refractivity contribution >= 4 is 11.9 Å². The molecular formula is C19H22F6N4O5. The first-order valence-electron chi connectivity index (χ1n) is 9.50. The molecule has 0 saturated carbocycles. The van der Waals surface area contributed by atoms with E-state index in [1.165, 1.54) is 11.1 Å². The van der Waals surface area contributed by atoms with Crippen LogP contribution in [0.5, 0.6) is 0 Å². The molecule has 0 bridgehead atoms. The lowest BCUT2D eigenvalue weighted by molar-refractivity contribution is -0.193. The number of likely N-dealkylation sites (tertiary alicyclic amines) is 1. The van der Waals surface area contributed by atoms with Crippen LogP contribution in [0.4, 0.5) is 26.3 Å². The SMILES string of the molecule is Cn1cc(CN2CC[C@H](O)[C@@H]2Cc2cccnc2)cn1.O=C(O)C(F)(F)F.O=C(O)C(F)(F)F. The van der Waals surface area contributed by atoms with Crippen LogP contribution in [-0.4, -0.2) is 78.0 Å². The number of aliphatic hydroxyl groups is 1. The van der Waals surface area contributed by atoms with E-state index in [4.69, 9.17) is 19.8 Å². The summed E-state index contributed by atoms with van der Waals surface area (Å²) in [5, 5.41) is 28.7. The minimum Gasteiger partial charge on any atom is -0.475 e. The lowest BCUT2D eigenvalue weighted by Crippen LogP contribution is -2.36. The van der Waals surface area contributed by atoms with Gasteiger partial charge < -0.3 is 15.3 Å². The van der Waals surface area contributed by atoms with Crippen LogP contribution in [0.25, 0.3) is 0 Å². The Balaban J connectivity index is 0.000000343. The molecule has 0 aromatic carbocycles. The normalized spacial score (nSPS) is 18.4. The van der Waals surface area contributed by atoms with E-state index < -0.39 is 24.3 Å². The standard InChI is InChI=1S/C15H20N4O.2C2HF3O2/c1-18-10-13(9-17-18)11-19-6-4-15(20)14(19)7-12-3-2-5-16-8-12;2*3-2(4,5)1(6)7/h2-3,5,8-10,14-15,20H,4,6-7,11H2,1H3;2*(H,6,7)/t14-,15-;;/m0../s1. The number of halogens is 6. The lowest BCUT2D eigenvalue weighted by atomic mass is 10.0. The fourth-order valence-corrected chi connectivity index (χ4v) is 2.91. The molecule has 2 aromatic heterocycles. The average Bonchev–Trinajstić information content (AvgIpc) is 3.28. The molecule has 3 N–H and O–H groups in total. The molecule has 3 rings (SSSR count). The number of carboxylic acid groups (broad SMARTS) is 2. The van der Waals surface area contributed by atoms with Crippen LogP contribution >= 0.6 is 0 Å². The topological polar surface area (TPSA) is 129 Å². The van der Waals surface area contributed by atoms with Crippen LogP contribution in [0.3, 0.4) is 0 Å². The maximum absolute atomic E-state index is 10.6. The number of aliphatic carboxylic acids is 2. The number of alkyl halides is 6. The molecule has 0 radical (unpaired) electrons. The number of carbonyl (C=O) groups is 2.